The number of allylic oxidation sites excluding steroid dienone is 6. The van der Waals surface area contributed by atoms with Crippen LogP contribution in [0.1, 0.15) is 31.2 Å². The van der Waals surface area contributed by atoms with Gasteiger partial charge in [-0.1, -0.05) is 54.1 Å². The van der Waals surface area contributed by atoms with E-state index in [0.717, 1.165) is 23.8 Å². The summed E-state index contributed by atoms with van der Waals surface area (Å²) in [6.45, 7) is 0. The quantitative estimate of drug-likeness (QED) is 0.433. The van der Waals surface area contributed by atoms with Crippen LogP contribution in [0.15, 0.2) is 60.2 Å². The van der Waals surface area contributed by atoms with Gasteiger partial charge in [-0.2, -0.15) is 0 Å². The van der Waals surface area contributed by atoms with Gasteiger partial charge >= 0.3 is 0 Å². The Bertz CT molecular complexity index is 478. The number of carbonyl (C=O) groups is 1. The molecule has 0 heterocycles. The van der Waals surface area contributed by atoms with Gasteiger partial charge in [0.1, 0.15) is 6.29 Å². The molecule has 0 saturated heterocycles. The Morgan fingerprint density at radius 2 is 1.94 bits per heavy atom. The van der Waals surface area contributed by atoms with Crippen molar-refractivity contribution in [1.82, 2.24) is 0 Å². The molecule has 0 aliphatic heterocycles. The van der Waals surface area contributed by atoms with Crippen molar-refractivity contribution in [2.45, 2.75) is 25.7 Å². The smallest absolute Gasteiger partial charge is 0.143 e. The van der Waals surface area contributed by atoms with Crippen LogP contribution >= 0.6 is 0 Å². The van der Waals surface area contributed by atoms with Crippen LogP contribution in [0.2, 0.25) is 0 Å². The lowest BCUT2D eigenvalue weighted by Crippen LogP contribution is -1.89. The lowest BCUT2D eigenvalue weighted by molar-refractivity contribution is -0.104. The van der Waals surface area contributed by atoms with Gasteiger partial charge in [0.2, 0.25) is 0 Å². The predicted molar refractivity (Wildman–Crippen MR) is 76.2 cm³/mol. The maximum Gasteiger partial charge on any atom is 0.143 e. The highest BCUT2D eigenvalue weighted by atomic mass is 16.1. The van der Waals surface area contributed by atoms with Crippen LogP contribution in [-0.4, -0.2) is 6.29 Å². The highest BCUT2D eigenvalue weighted by molar-refractivity contribution is 5.86. The van der Waals surface area contributed by atoms with Crippen LogP contribution < -0.4 is 0 Å². The van der Waals surface area contributed by atoms with Gasteiger partial charge in [0, 0.05) is 0 Å². The summed E-state index contributed by atoms with van der Waals surface area (Å²) in [5.41, 5.74) is 3.43. The first-order valence-corrected chi connectivity index (χ1v) is 6.48. The molecule has 1 aliphatic rings. The molecule has 0 amide bonds. The van der Waals surface area contributed by atoms with Gasteiger partial charge < -0.3 is 0 Å². The van der Waals surface area contributed by atoms with Gasteiger partial charge in [0.15, 0.2) is 0 Å². The number of hydrogen-bond donors (Lipinski definition) is 0. The second-order valence-corrected chi connectivity index (χ2v) is 4.48. The number of hydrogen-bond acceptors (Lipinski definition) is 1. The van der Waals surface area contributed by atoms with E-state index >= 15 is 0 Å². The highest BCUT2D eigenvalue weighted by Gasteiger charge is 2.01. The van der Waals surface area contributed by atoms with E-state index in [1.54, 1.807) is 6.08 Å². The van der Waals surface area contributed by atoms with Crippen molar-refractivity contribution in [3.05, 3.63) is 65.8 Å². The SMILES string of the molecule is O=CC=C(C=CC1=CCCCC1)c1ccccc1. The van der Waals surface area contributed by atoms with Gasteiger partial charge in [-0.05, 0) is 42.9 Å². The molecule has 92 valence electrons. The van der Waals surface area contributed by atoms with Crippen LogP contribution in [0.5, 0.6) is 0 Å². The molecule has 0 fully saturated rings. The highest BCUT2D eigenvalue weighted by Crippen LogP contribution is 2.21. The van der Waals surface area contributed by atoms with Crippen molar-refractivity contribution in [3.63, 3.8) is 0 Å². The summed E-state index contributed by atoms with van der Waals surface area (Å²) in [4.78, 5) is 10.7. The zero-order valence-corrected chi connectivity index (χ0v) is 10.5. The largest absolute Gasteiger partial charge is 0.299 e. The normalized spacial score (nSPS) is 16.7. The van der Waals surface area contributed by atoms with E-state index in [2.05, 4.69) is 12.2 Å². The maximum atomic E-state index is 10.7. The third-order valence-electron chi connectivity index (χ3n) is 3.16. The topological polar surface area (TPSA) is 17.1 Å². The average molecular weight is 238 g/mol. The Hall–Kier alpha value is -1.89. The molecule has 0 atom stereocenters. The molecule has 0 spiro atoms. The molecule has 0 unspecified atom stereocenters. The van der Waals surface area contributed by atoms with Crippen LogP contribution in [0.25, 0.3) is 5.57 Å². The molecule has 0 bridgehead atoms. The Labute approximate surface area is 109 Å². The minimum absolute atomic E-state index is 0.849. The first-order valence-electron chi connectivity index (χ1n) is 6.48. The van der Waals surface area contributed by atoms with Crippen molar-refractivity contribution >= 4 is 11.9 Å². The molecule has 0 N–H and O–H groups in total. The Balaban J connectivity index is 2.17. The fourth-order valence-corrected chi connectivity index (χ4v) is 2.16. The lowest BCUT2D eigenvalue weighted by atomic mass is 9.97. The molecule has 2 rings (SSSR count). The Kier molecular flexibility index (Phi) is 4.71. The van der Waals surface area contributed by atoms with E-state index in [9.17, 15) is 4.79 Å². The Morgan fingerprint density at radius 3 is 2.61 bits per heavy atom. The van der Waals surface area contributed by atoms with Crippen LogP contribution in [-0.2, 0) is 4.79 Å². The molecule has 1 aliphatic carbocycles. The summed E-state index contributed by atoms with van der Waals surface area (Å²) in [5, 5.41) is 0. The van der Waals surface area contributed by atoms with Gasteiger partial charge in [0.25, 0.3) is 0 Å². The first kappa shape index (κ1) is 12.6. The summed E-state index contributed by atoms with van der Waals surface area (Å²) in [6.07, 6.45) is 13.8. The molecule has 1 nitrogen and oxygen atoms in total. The fourth-order valence-electron chi connectivity index (χ4n) is 2.16. The molecule has 0 saturated carbocycles. The van der Waals surface area contributed by atoms with Crippen molar-refractivity contribution < 1.29 is 4.79 Å². The minimum Gasteiger partial charge on any atom is -0.299 e. The summed E-state index contributed by atoms with van der Waals surface area (Å²) in [5.74, 6) is 0. The molecular formula is C17H18O. The minimum atomic E-state index is 0.849. The lowest BCUT2D eigenvalue weighted by Gasteiger charge is -2.08. The summed E-state index contributed by atoms with van der Waals surface area (Å²) in [6, 6.07) is 10.0. The molecular weight excluding hydrogens is 220 g/mol. The molecule has 18 heavy (non-hydrogen) atoms. The summed E-state index contributed by atoms with van der Waals surface area (Å²) in [7, 11) is 0. The zero-order valence-electron chi connectivity index (χ0n) is 10.5. The molecule has 1 aromatic rings. The first-order chi connectivity index (χ1) is 8.90. The second kappa shape index (κ2) is 6.75. The van der Waals surface area contributed by atoms with Crippen molar-refractivity contribution in [2.24, 2.45) is 0 Å². The van der Waals surface area contributed by atoms with Crippen molar-refractivity contribution in [1.29, 1.82) is 0 Å². The van der Waals surface area contributed by atoms with E-state index < -0.39 is 0 Å². The molecule has 0 radical (unpaired) electrons. The zero-order chi connectivity index (χ0) is 12.6. The maximum absolute atomic E-state index is 10.7. The van der Waals surface area contributed by atoms with E-state index in [0.29, 0.717) is 0 Å². The summed E-state index contributed by atoms with van der Waals surface area (Å²) >= 11 is 0. The summed E-state index contributed by atoms with van der Waals surface area (Å²) < 4.78 is 0. The van der Waals surface area contributed by atoms with Crippen molar-refractivity contribution in [3.8, 4) is 0 Å². The predicted octanol–water partition coefficient (Wildman–Crippen LogP) is 4.33. The van der Waals surface area contributed by atoms with Crippen LogP contribution in [0, 0.1) is 0 Å². The van der Waals surface area contributed by atoms with E-state index in [1.165, 1.54) is 24.8 Å². The molecule has 1 heteroatoms. The van der Waals surface area contributed by atoms with Gasteiger partial charge in [-0.15, -0.1) is 0 Å². The van der Waals surface area contributed by atoms with E-state index in [1.807, 2.05) is 36.4 Å². The average Bonchev–Trinajstić information content (AvgIpc) is 2.45. The van der Waals surface area contributed by atoms with Crippen LogP contribution in [0.3, 0.4) is 0 Å². The number of aldehydes is 1. The Morgan fingerprint density at radius 1 is 1.11 bits per heavy atom. The van der Waals surface area contributed by atoms with Gasteiger partial charge in [-0.25, -0.2) is 0 Å². The molecule has 1 aromatic carbocycles. The monoisotopic (exact) mass is 238 g/mol. The van der Waals surface area contributed by atoms with E-state index in [4.69, 9.17) is 0 Å². The standard InChI is InChI=1S/C17H18O/c18-14-13-17(16-9-5-2-6-10-16)12-11-15-7-3-1-4-8-15/h2,5-7,9-14H,1,3-4,8H2. The number of carbonyl (C=O) groups excluding carboxylic acids is 1. The number of rotatable bonds is 4. The molecule has 0 aromatic heterocycles. The number of benzene rings is 1. The van der Waals surface area contributed by atoms with Gasteiger partial charge in [0.05, 0.1) is 0 Å². The van der Waals surface area contributed by atoms with Gasteiger partial charge in [-0.3, -0.25) is 4.79 Å². The third-order valence-corrected chi connectivity index (χ3v) is 3.16. The second-order valence-electron chi connectivity index (χ2n) is 4.48. The third kappa shape index (κ3) is 3.56. The fraction of sp³-hybridized carbons (Fsp3) is 0.235. The van der Waals surface area contributed by atoms with Crippen molar-refractivity contribution in [2.75, 3.05) is 0 Å². The van der Waals surface area contributed by atoms with E-state index in [-0.39, 0.29) is 0 Å². The van der Waals surface area contributed by atoms with Crippen LogP contribution in [0.4, 0.5) is 0 Å².